The average Bonchev–Trinajstić information content (AvgIpc) is 3.79. The molecular formula is C47H56Cl2Hf-2. The predicted octanol–water partition coefficient (Wildman–Crippen LogP) is 14.6. The van der Waals surface area contributed by atoms with Crippen LogP contribution in [0.25, 0.3) is 21.5 Å². The fourth-order valence-electron chi connectivity index (χ4n) is 6.07. The summed E-state index contributed by atoms with van der Waals surface area (Å²) in [5, 5.41) is 5.49. The van der Waals surface area contributed by atoms with Crippen LogP contribution < -0.4 is 0 Å². The van der Waals surface area contributed by atoms with Gasteiger partial charge in [0.05, 0.1) is 0 Å². The van der Waals surface area contributed by atoms with E-state index >= 15 is 0 Å². The van der Waals surface area contributed by atoms with Gasteiger partial charge in [-0.05, 0) is 10.8 Å². The first-order valence-corrected chi connectivity index (χ1v) is 29.1. The minimum Gasteiger partial charge on any atom is -0.214 e. The second kappa shape index (κ2) is 18.8. The number of halogens is 2. The Balaban J connectivity index is 0.000000198. The summed E-state index contributed by atoms with van der Waals surface area (Å²) < 4.78 is 1.20. The van der Waals surface area contributed by atoms with Crippen molar-refractivity contribution in [3.8, 4) is 0 Å². The fraction of sp³-hybridized carbons (Fsp3) is 0.340. The number of hydrogen-bond donors (Lipinski definition) is 0. The van der Waals surface area contributed by atoms with E-state index in [0.29, 0.717) is 0 Å². The van der Waals surface area contributed by atoms with Gasteiger partial charge < -0.3 is 0 Å². The number of hydrogen-bond acceptors (Lipinski definition) is 0. The van der Waals surface area contributed by atoms with Gasteiger partial charge in [0.25, 0.3) is 0 Å². The molecule has 0 aliphatic carbocycles. The fourth-order valence-corrected chi connectivity index (χ4v) is 12.4. The molecule has 0 atom stereocenters. The first-order chi connectivity index (χ1) is 23.8. The Bertz CT molecular complexity index is 1780. The molecule has 0 heterocycles. The van der Waals surface area contributed by atoms with Gasteiger partial charge in [-0.1, -0.05) is 76.9 Å². The Morgan fingerprint density at radius 2 is 0.980 bits per heavy atom. The van der Waals surface area contributed by atoms with Gasteiger partial charge in [0.2, 0.25) is 0 Å². The summed E-state index contributed by atoms with van der Waals surface area (Å²) >= 11 is -2.71. The normalized spacial score (nSPS) is 11.5. The monoisotopic (exact) mass is 870 g/mol. The maximum absolute atomic E-state index is 6.50. The van der Waals surface area contributed by atoms with Crippen LogP contribution in [0.1, 0.15) is 114 Å². The molecule has 3 heteroatoms. The molecule has 0 fully saturated rings. The van der Waals surface area contributed by atoms with E-state index in [4.69, 9.17) is 17.2 Å². The number of rotatable bonds is 8. The molecule has 0 amide bonds. The summed E-state index contributed by atoms with van der Waals surface area (Å²) in [6, 6.07) is 43.8. The minimum atomic E-state index is -2.71. The third kappa shape index (κ3) is 11.5. The van der Waals surface area contributed by atoms with Crippen molar-refractivity contribution in [2.75, 3.05) is 0 Å². The smallest absolute Gasteiger partial charge is 0.172 e. The molecule has 0 spiro atoms. The van der Waals surface area contributed by atoms with Gasteiger partial charge in [0.1, 0.15) is 0 Å². The van der Waals surface area contributed by atoms with Gasteiger partial charge in [-0.2, -0.15) is 18.2 Å². The van der Waals surface area contributed by atoms with E-state index in [1.165, 1.54) is 83.9 Å². The van der Waals surface area contributed by atoms with E-state index < -0.39 is 18.6 Å². The summed E-state index contributed by atoms with van der Waals surface area (Å²) in [5.41, 5.74) is 8.39. The molecule has 0 aromatic heterocycles. The van der Waals surface area contributed by atoms with Crippen LogP contribution in [0.15, 0.2) is 121 Å². The van der Waals surface area contributed by atoms with Crippen LogP contribution in [0.3, 0.4) is 0 Å². The number of aryl methyl sites for hydroxylation is 2. The number of unbranched alkanes of at least 4 members (excludes halogenated alkanes) is 2. The van der Waals surface area contributed by atoms with Crippen molar-refractivity contribution in [3.05, 3.63) is 155 Å². The Morgan fingerprint density at radius 1 is 0.580 bits per heavy atom. The SMILES string of the molecule is CC(C)(C)c1ccc2[cH-]c3ccc(C(C)(C)C)cc3c2c1.CCCCc1ccc([C](c2ccc(CCCC)cc2)=[Hf]([Cl])[Cl])cc1.c1cc[cH-]c1. The van der Waals surface area contributed by atoms with Crippen LogP contribution in [-0.4, -0.2) is 3.26 Å². The van der Waals surface area contributed by atoms with Crippen LogP contribution in [0.4, 0.5) is 0 Å². The molecule has 0 aliphatic heterocycles. The minimum absolute atomic E-state index is 0.194. The van der Waals surface area contributed by atoms with Gasteiger partial charge in [0, 0.05) is 0 Å². The zero-order valence-electron chi connectivity index (χ0n) is 31.5. The van der Waals surface area contributed by atoms with E-state index in [2.05, 4.69) is 146 Å². The van der Waals surface area contributed by atoms with Crippen molar-refractivity contribution in [3.63, 3.8) is 0 Å². The van der Waals surface area contributed by atoms with E-state index in [1.807, 2.05) is 30.3 Å². The molecule has 6 aromatic carbocycles. The third-order valence-electron chi connectivity index (χ3n) is 9.31. The molecule has 0 N–H and O–H groups in total. The standard InChI is InChI=1S/C21H25.C21H26.C5H5.2ClH.Hf/c1-20(2,3)16-9-7-14-11-15-8-10-17(21(4,5)6)13-19(15)18(14)12-16;1-3-5-7-18-9-13-20(14-10-18)17-21-15-11-19(12-16-21)8-6-4-2;1-2-4-5-3-1;;;/h7-13H,1-6H3;9-16H,3-8H2,1-2H3;1-5H;2*1H;/q-1;;-1;;;+2/p-2. The van der Waals surface area contributed by atoms with Gasteiger partial charge in [0.15, 0.2) is 0 Å². The van der Waals surface area contributed by atoms with Gasteiger partial charge in [-0.15, -0.1) is 39.7 Å². The number of fused-ring (bicyclic) bond motifs is 3. The molecule has 50 heavy (non-hydrogen) atoms. The van der Waals surface area contributed by atoms with Gasteiger partial charge >= 0.3 is 162 Å². The average molecular weight is 870 g/mol. The Labute approximate surface area is 317 Å². The molecule has 0 radical (unpaired) electrons. The number of benzene rings is 4. The summed E-state index contributed by atoms with van der Waals surface area (Å²) in [7, 11) is 13.0. The zero-order valence-corrected chi connectivity index (χ0v) is 36.7. The Morgan fingerprint density at radius 3 is 1.28 bits per heavy atom. The zero-order chi connectivity index (χ0) is 36.3. The summed E-state index contributed by atoms with van der Waals surface area (Å²) in [6.45, 7) is 18.1. The Kier molecular flexibility index (Phi) is 15.1. The molecule has 0 nitrogen and oxygen atoms in total. The first-order valence-electron chi connectivity index (χ1n) is 18.4. The molecule has 0 unspecified atom stereocenters. The van der Waals surface area contributed by atoms with E-state index in [-0.39, 0.29) is 10.8 Å². The van der Waals surface area contributed by atoms with E-state index in [9.17, 15) is 0 Å². The predicted molar refractivity (Wildman–Crippen MR) is 222 cm³/mol. The van der Waals surface area contributed by atoms with Crippen LogP contribution >= 0.6 is 17.2 Å². The molecule has 0 bridgehead atoms. The van der Waals surface area contributed by atoms with Crippen molar-refractivity contribution in [1.82, 2.24) is 0 Å². The summed E-state index contributed by atoms with van der Waals surface area (Å²) in [5.74, 6) is 0. The quantitative estimate of drug-likeness (QED) is 0.106. The molecule has 6 rings (SSSR count). The van der Waals surface area contributed by atoms with Crippen LogP contribution in [0.5, 0.6) is 0 Å². The van der Waals surface area contributed by atoms with Gasteiger partial charge in [-0.25, -0.2) is 12.1 Å². The van der Waals surface area contributed by atoms with Crippen molar-refractivity contribution in [2.45, 2.75) is 105 Å². The summed E-state index contributed by atoms with van der Waals surface area (Å²) in [6.07, 6.45) is 7.22. The molecule has 264 valence electrons. The van der Waals surface area contributed by atoms with Crippen LogP contribution in [0, 0.1) is 0 Å². The maximum atomic E-state index is 6.50. The first kappa shape index (κ1) is 40.2. The third-order valence-corrected chi connectivity index (χ3v) is 15.8. The van der Waals surface area contributed by atoms with Crippen LogP contribution in [-0.2, 0) is 42.3 Å². The second-order valence-corrected chi connectivity index (χ2v) is 26.9. The van der Waals surface area contributed by atoms with Crippen molar-refractivity contribution < 1.29 is 18.6 Å². The molecule has 6 aromatic rings. The van der Waals surface area contributed by atoms with Gasteiger partial charge in [-0.3, -0.25) is 0 Å². The van der Waals surface area contributed by atoms with Crippen molar-refractivity contribution >= 4 is 42.0 Å². The second-order valence-electron chi connectivity index (χ2n) is 15.4. The van der Waals surface area contributed by atoms with Crippen molar-refractivity contribution in [2.24, 2.45) is 0 Å². The molecule has 0 aliphatic rings. The van der Waals surface area contributed by atoms with Crippen LogP contribution in [0.2, 0.25) is 0 Å². The summed E-state index contributed by atoms with van der Waals surface area (Å²) in [4.78, 5) is 0. The maximum Gasteiger partial charge on any atom is -0.172 e. The largest absolute Gasteiger partial charge is 0.214 e. The molecule has 0 saturated heterocycles. The molecular weight excluding hydrogens is 814 g/mol. The topological polar surface area (TPSA) is 0 Å². The van der Waals surface area contributed by atoms with E-state index in [0.717, 1.165) is 12.8 Å². The molecule has 0 saturated carbocycles. The van der Waals surface area contributed by atoms with E-state index in [1.54, 1.807) is 0 Å². The van der Waals surface area contributed by atoms with Crippen molar-refractivity contribution in [1.29, 1.82) is 0 Å². The Hall–Kier alpha value is -2.58.